The molecule has 0 bridgehead atoms. The van der Waals surface area contributed by atoms with E-state index in [4.69, 9.17) is 0 Å². The minimum atomic E-state index is -0.410. The van der Waals surface area contributed by atoms with Gasteiger partial charge in [0.25, 0.3) is 11.8 Å². The fraction of sp³-hybridized carbons (Fsp3) is 0. The minimum Gasteiger partial charge on any atom is -0.268 e. The molecule has 0 spiro atoms. The standard InChI is InChI=1S/C22H13FN4O2/c23-16-5-1-3-13(9-16)14-4-2-6-17(10-14)27-21(28)18-8-7-15(11-19(18)22(27)29)20-12-24-26-25-20/h1-12H,(H,24,25,26). The quantitative estimate of drug-likeness (QED) is 0.540. The largest absolute Gasteiger partial charge is 0.268 e. The van der Waals surface area contributed by atoms with Crippen LogP contribution in [0.5, 0.6) is 0 Å². The zero-order valence-corrected chi connectivity index (χ0v) is 15.0. The van der Waals surface area contributed by atoms with E-state index in [9.17, 15) is 14.0 Å². The molecule has 6 nitrogen and oxygen atoms in total. The van der Waals surface area contributed by atoms with Crippen molar-refractivity contribution in [1.29, 1.82) is 0 Å². The molecule has 0 fully saturated rings. The van der Waals surface area contributed by atoms with Crippen LogP contribution in [0, 0.1) is 5.82 Å². The van der Waals surface area contributed by atoms with Crippen molar-refractivity contribution >= 4 is 17.5 Å². The normalized spacial score (nSPS) is 13.1. The summed E-state index contributed by atoms with van der Waals surface area (Å²) in [4.78, 5) is 27.1. The summed E-state index contributed by atoms with van der Waals surface area (Å²) in [7, 11) is 0. The monoisotopic (exact) mass is 384 g/mol. The van der Waals surface area contributed by atoms with E-state index in [-0.39, 0.29) is 5.82 Å². The maximum atomic E-state index is 13.6. The molecule has 0 aliphatic carbocycles. The number of benzene rings is 3. The highest BCUT2D eigenvalue weighted by atomic mass is 19.1. The van der Waals surface area contributed by atoms with Gasteiger partial charge in [-0.3, -0.25) is 14.7 Å². The van der Waals surface area contributed by atoms with E-state index in [2.05, 4.69) is 15.4 Å². The van der Waals surface area contributed by atoms with Crippen molar-refractivity contribution in [1.82, 2.24) is 15.4 Å². The molecule has 140 valence electrons. The van der Waals surface area contributed by atoms with Gasteiger partial charge in [0.05, 0.1) is 16.8 Å². The Hall–Kier alpha value is -4.13. The lowest BCUT2D eigenvalue weighted by Gasteiger charge is -2.15. The van der Waals surface area contributed by atoms with Gasteiger partial charge in [-0.05, 0) is 47.5 Å². The molecule has 2 heterocycles. The molecule has 0 saturated carbocycles. The van der Waals surface area contributed by atoms with E-state index < -0.39 is 11.8 Å². The number of rotatable bonds is 3. The van der Waals surface area contributed by atoms with Gasteiger partial charge in [0.2, 0.25) is 0 Å². The lowest BCUT2D eigenvalue weighted by atomic mass is 10.0. The second kappa shape index (κ2) is 6.49. The lowest BCUT2D eigenvalue weighted by molar-refractivity contribution is 0.0926. The number of halogens is 1. The fourth-order valence-corrected chi connectivity index (χ4v) is 3.47. The number of nitrogens with one attached hydrogen (secondary N) is 1. The number of imide groups is 1. The van der Waals surface area contributed by atoms with E-state index >= 15 is 0 Å². The molecule has 1 aliphatic rings. The number of nitrogens with zero attached hydrogens (tertiary/aromatic N) is 3. The van der Waals surface area contributed by atoms with Gasteiger partial charge < -0.3 is 0 Å². The number of hydrogen-bond donors (Lipinski definition) is 1. The van der Waals surface area contributed by atoms with E-state index in [0.717, 1.165) is 4.90 Å². The Morgan fingerprint density at radius 3 is 2.31 bits per heavy atom. The van der Waals surface area contributed by atoms with Gasteiger partial charge in [-0.1, -0.05) is 35.5 Å². The van der Waals surface area contributed by atoms with Crippen molar-refractivity contribution in [3.63, 3.8) is 0 Å². The van der Waals surface area contributed by atoms with Crippen LogP contribution in [0.25, 0.3) is 22.4 Å². The minimum absolute atomic E-state index is 0.312. The maximum absolute atomic E-state index is 13.6. The van der Waals surface area contributed by atoms with E-state index in [1.165, 1.54) is 12.1 Å². The molecule has 1 N–H and O–H groups in total. The van der Waals surface area contributed by atoms with Crippen LogP contribution in [0.4, 0.5) is 10.1 Å². The van der Waals surface area contributed by atoms with Crippen LogP contribution < -0.4 is 4.90 Å². The van der Waals surface area contributed by atoms with Crippen LogP contribution in [0.2, 0.25) is 0 Å². The lowest BCUT2D eigenvalue weighted by Crippen LogP contribution is -2.29. The van der Waals surface area contributed by atoms with Crippen molar-refractivity contribution in [3.05, 3.63) is 89.9 Å². The van der Waals surface area contributed by atoms with Crippen LogP contribution in [-0.2, 0) is 0 Å². The highest BCUT2D eigenvalue weighted by molar-refractivity contribution is 6.34. The number of fused-ring (bicyclic) bond motifs is 1. The first-order valence-electron chi connectivity index (χ1n) is 8.87. The summed E-state index contributed by atoms with van der Waals surface area (Å²) in [6.45, 7) is 0. The Labute approximate surface area is 164 Å². The molecule has 7 heteroatoms. The average Bonchev–Trinajstić information content (AvgIpc) is 3.36. The Morgan fingerprint density at radius 1 is 0.793 bits per heavy atom. The Morgan fingerprint density at radius 2 is 1.55 bits per heavy atom. The summed E-state index contributed by atoms with van der Waals surface area (Å²) < 4.78 is 13.6. The SMILES string of the molecule is O=C1c2ccc(-c3c[nH]nn3)cc2C(=O)N1c1cccc(-c2cccc(F)c2)c1. The van der Waals surface area contributed by atoms with Gasteiger partial charge in [-0.25, -0.2) is 9.29 Å². The summed E-state index contributed by atoms with van der Waals surface area (Å²) in [6, 6.07) is 18.1. The number of aromatic nitrogens is 3. The topological polar surface area (TPSA) is 79.0 Å². The number of hydrogen-bond acceptors (Lipinski definition) is 4. The number of anilines is 1. The van der Waals surface area contributed by atoms with E-state index in [1.54, 1.807) is 60.8 Å². The molecule has 1 aromatic heterocycles. The first-order chi connectivity index (χ1) is 14.1. The van der Waals surface area contributed by atoms with Crippen LogP contribution in [0.3, 0.4) is 0 Å². The molecular weight excluding hydrogens is 371 g/mol. The predicted molar refractivity (Wildman–Crippen MR) is 105 cm³/mol. The third-order valence-electron chi connectivity index (χ3n) is 4.86. The van der Waals surface area contributed by atoms with Crippen molar-refractivity contribution in [2.75, 3.05) is 4.90 Å². The molecule has 1 aliphatic heterocycles. The Bertz CT molecular complexity index is 1270. The highest BCUT2D eigenvalue weighted by Gasteiger charge is 2.37. The first kappa shape index (κ1) is 17.0. The van der Waals surface area contributed by atoms with Crippen LogP contribution in [0.15, 0.2) is 72.9 Å². The molecule has 29 heavy (non-hydrogen) atoms. The van der Waals surface area contributed by atoms with Gasteiger partial charge in [0, 0.05) is 11.8 Å². The Balaban J connectivity index is 1.55. The molecule has 3 aromatic carbocycles. The summed E-state index contributed by atoms with van der Waals surface area (Å²) in [5.41, 5.74) is 3.72. The number of amides is 2. The molecular formula is C22H13FN4O2. The molecule has 0 unspecified atom stereocenters. The molecule has 0 radical (unpaired) electrons. The highest BCUT2D eigenvalue weighted by Crippen LogP contribution is 2.33. The summed E-state index contributed by atoms with van der Waals surface area (Å²) in [5.74, 6) is -1.16. The van der Waals surface area contributed by atoms with E-state index in [1.807, 2.05) is 0 Å². The van der Waals surface area contributed by atoms with Crippen molar-refractivity contribution in [3.8, 4) is 22.4 Å². The number of carbonyl (C=O) groups excluding carboxylic acids is 2. The third kappa shape index (κ3) is 2.80. The molecule has 5 rings (SSSR count). The molecule has 2 amide bonds. The van der Waals surface area contributed by atoms with Crippen molar-refractivity contribution < 1.29 is 14.0 Å². The smallest absolute Gasteiger partial charge is 0.266 e. The summed E-state index contributed by atoms with van der Waals surface area (Å²) in [6.07, 6.45) is 1.61. The number of carbonyl (C=O) groups is 2. The maximum Gasteiger partial charge on any atom is 0.266 e. The van der Waals surface area contributed by atoms with Gasteiger partial charge in [0.1, 0.15) is 11.5 Å². The number of aromatic amines is 1. The van der Waals surface area contributed by atoms with Gasteiger partial charge in [-0.15, -0.1) is 5.10 Å². The fourth-order valence-electron chi connectivity index (χ4n) is 3.47. The zero-order valence-electron chi connectivity index (χ0n) is 15.0. The molecule has 0 atom stereocenters. The molecule has 4 aromatic rings. The summed E-state index contributed by atoms with van der Waals surface area (Å²) in [5, 5.41) is 10.2. The first-order valence-corrected chi connectivity index (χ1v) is 8.87. The van der Waals surface area contributed by atoms with Gasteiger partial charge in [0.15, 0.2) is 0 Å². The van der Waals surface area contributed by atoms with Crippen molar-refractivity contribution in [2.24, 2.45) is 0 Å². The van der Waals surface area contributed by atoms with Crippen LogP contribution >= 0.6 is 0 Å². The van der Waals surface area contributed by atoms with Crippen molar-refractivity contribution in [2.45, 2.75) is 0 Å². The predicted octanol–water partition coefficient (Wildman–Crippen LogP) is 4.08. The molecule has 0 saturated heterocycles. The zero-order chi connectivity index (χ0) is 20.0. The van der Waals surface area contributed by atoms with Crippen LogP contribution in [0.1, 0.15) is 20.7 Å². The Kier molecular flexibility index (Phi) is 3.80. The van der Waals surface area contributed by atoms with E-state index in [0.29, 0.717) is 39.2 Å². The summed E-state index contributed by atoms with van der Waals surface area (Å²) >= 11 is 0. The van der Waals surface area contributed by atoms with Gasteiger partial charge in [-0.2, -0.15) is 0 Å². The van der Waals surface area contributed by atoms with Gasteiger partial charge >= 0.3 is 0 Å². The second-order valence-electron chi connectivity index (χ2n) is 6.63. The number of H-pyrrole nitrogens is 1. The average molecular weight is 384 g/mol. The second-order valence-corrected chi connectivity index (χ2v) is 6.63. The third-order valence-corrected chi connectivity index (χ3v) is 4.86. The van der Waals surface area contributed by atoms with Crippen LogP contribution in [-0.4, -0.2) is 27.2 Å².